The number of nitrogens with one attached hydrogen (secondary N) is 2. The summed E-state index contributed by atoms with van der Waals surface area (Å²) in [5, 5.41) is 5.29. The van der Waals surface area contributed by atoms with E-state index in [1.165, 1.54) is 6.26 Å². The van der Waals surface area contributed by atoms with E-state index in [1.54, 1.807) is 12.1 Å². The summed E-state index contributed by atoms with van der Waals surface area (Å²) in [5.41, 5.74) is 0. The summed E-state index contributed by atoms with van der Waals surface area (Å²) in [7, 11) is 0. The van der Waals surface area contributed by atoms with Crippen LogP contribution in [0.25, 0.3) is 0 Å². The van der Waals surface area contributed by atoms with Gasteiger partial charge >= 0.3 is 11.8 Å². The molecule has 2 aliphatic rings. The van der Waals surface area contributed by atoms with Gasteiger partial charge in [-0.05, 0) is 50.4 Å². The largest absolute Gasteiger partial charge is 0.467 e. The van der Waals surface area contributed by atoms with Gasteiger partial charge in [-0.3, -0.25) is 14.5 Å². The van der Waals surface area contributed by atoms with E-state index in [0.717, 1.165) is 45.6 Å². The predicted octanol–water partition coefficient (Wildman–Crippen LogP) is 0.513. The highest BCUT2D eigenvalue weighted by atomic mass is 16.5. The molecule has 7 nitrogen and oxygen atoms in total. The Hall–Kier alpha value is -1.86. The van der Waals surface area contributed by atoms with Gasteiger partial charge in [0.2, 0.25) is 0 Å². The van der Waals surface area contributed by atoms with Crippen LogP contribution in [-0.2, 0) is 20.9 Å². The summed E-state index contributed by atoms with van der Waals surface area (Å²) in [6.07, 6.45) is 4.75. The van der Waals surface area contributed by atoms with Gasteiger partial charge in [-0.2, -0.15) is 0 Å². The Morgan fingerprint density at radius 2 is 1.96 bits per heavy atom. The molecular weight excluding hydrogens is 310 g/mol. The van der Waals surface area contributed by atoms with Crippen molar-refractivity contribution in [2.45, 2.75) is 31.8 Å². The minimum atomic E-state index is -0.619. The Kier molecular flexibility index (Phi) is 5.87. The lowest BCUT2D eigenvalue weighted by Crippen LogP contribution is -2.45. The number of carbonyl (C=O) groups is 2. The van der Waals surface area contributed by atoms with Crippen molar-refractivity contribution >= 4 is 11.8 Å². The third kappa shape index (κ3) is 4.58. The molecule has 0 aromatic carbocycles. The molecule has 24 heavy (non-hydrogen) atoms. The molecule has 1 unspecified atom stereocenters. The van der Waals surface area contributed by atoms with E-state index < -0.39 is 11.8 Å². The molecule has 2 fully saturated rings. The number of hydrogen-bond acceptors (Lipinski definition) is 5. The summed E-state index contributed by atoms with van der Waals surface area (Å²) in [6, 6.07) is 4.06. The normalized spacial score (nSPS) is 22.4. The number of amides is 2. The molecule has 2 amide bonds. The first-order chi connectivity index (χ1) is 11.7. The molecule has 1 aromatic heterocycles. The van der Waals surface area contributed by atoms with Gasteiger partial charge in [-0.1, -0.05) is 0 Å². The lowest BCUT2D eigenvalue weighted by molar-refractivity contribution is -0.139. The van der Waals surface area contributed by atoms with Crippen molar-refractivity contribution < 1.29 is 18.7 Å². The average molecular weight is 335 g/mol. The Labute approximate surface area is 141 Å². The van der Waals surface area contributed by atoms with Gasteiger partial charge in [0.25, 0.3) is 0 Å². The maximum absolute atomic E-state index is 11.8. The van der Waals surface area contributed by atoms with E-state index >= 15 is 0 Å². The summed E-state index contributed by atoms with van der Waals surface area (Å²) in [5.74, 6) is -0.134. The van der Waals surface area contributed by atoms with Crippen LogP contribution in [0, 0.1) is 5.92 Å². The zero-order valence-electron chi connectivity index (χ0n) is 13.8. The quantitative estimate of drug-likeness (QED) is 0.766. The zero-order valence-corrected chi connectivity index (χ0v) is 13.8. The third-order valence-corrected chi connectivity index (χ3v) is 4.83. The van der Waals surface area contributed by atoms with E-state index in [4.69, 9.17) is 9.15 Å². The Balaban J connectivity index is 1.32. The van der Waals surface area contributed by atoms with Crippen LogP contribution in [0.1, 0.15) is 25.0 Å². The molecule has 0 aliphatic carbocycles. The fraction of sp³-hybridized carbons (Fsp3) is 0.647. The molecule has 0 spiro atoms. The Bertz CT molecular complexity index is 532. The number of ether oxygens (including phenoxy) is 1. The first-order valence-electron chi connectivity index (χ1n) is 8.62. The first kappa shape index (κ1) is 17.0. The maximum Gasteiger partial charge on any atom is 0.309 e. The summed E-state index contributed by atoms with van der Waals surface area (Å²) in [4.78, 5) is 26.1. The van der Waals surface area contributed by atoms with Crippen LogP contribution in [0.5, 0.6) is 0 Å². The number of hydrogen-bond donors (Lipinski definition) is 2. The molecule has 1 atom stereocenters. The second-order valence-electron chi connectivity index (χ2n) is 6.47. The van der Waals surface area contributed by atoms with Crippen molar-refractivity contribution in [1.82, 2.24) is 15.5 Å². The van der Waals surface area contributed by atoms with E-state index in [0.29, 0.717) is 24.3 Å². The van der Waals surface area contributed by atoms with Gasteiger partial charge in [-0.15, -0.1) is 0 Å². The van der Waals surface area contributed by atoms with Gasteiger partial charge in [0, 0.05) is 19.2 Å². The number of likely N-dealkylation sites (tertiary alicyclic amines) is 1. The highest BCUT2D eigenvalue weighted by Gasteiger charge is 2.28. The molecule has 3 heterocycles. The smallest absolute Gasteiger partial charge is 0.309 e. The molecule has 7 heteroatoms. The molecule has 0 bridgehead atoms. The van der Waals surface area contributed by atoms with Crippen molar-refractivity contribution in [3.8, 4) is 0 Å². The molecule has 2 saturated heterocycles. The van der Waals surface area contributed by atoms with E-state index in [9.17, 15) is 9.59 Å². The van der Waals surface area contributed by atoms with Crippen LogP contribution in [-0.4, -0.2) is 55.6 Å². The van der Waals surface area contributed by atoms with Crippen LogP contribution >= 0.6 is 0 Å². The van der Waals surface area contributed by atoms with Crippen molar-refractivity contribution in [3.05, 3.63) is 24.2 Å². The monoisotopic (exact) mass is 335 g/mol. The van der Waals surface area contributed by atoms with Crippen LogP contribution in [0.3, 0.4) is 0 Å². The summed E-state index contributed by atoms with van der Waals surface area (Å²) >= 11 is 0. The van der Waals surface area contributed by atoms with E-state index in [1.807, 2.05) is 0 Å². The van der Waals surface area contributed by atoms with Crippen molar-refractivity contribution in [1.29, 1.82) is 0 Å². The van der Waals surface area contributed by atoms with Crippen LogP contribution < -0.4 is 10.6 Å². The van der Waals surface area contributed by atoms with Gasteiger partial charge in [0.05, 0.1) is 19.4 Å². The first-order valence-corrected chi connectivity index (χ1v) is 8.62. The van der Waals surface area contributed by atoms with E-state index in [2.05, 4.69) is 15.5 Å². The average Bonchev–Trinajstić information content (AvgIpc) is 3.31. The van der Waals surface area contributed by atoms with Gasteiger partial charge in [-0.25, -0.2) is 0 Å². The fourth-order valence-corrected chi connectivity index (χ4v) is 3.31. The number of nitrogens with zero attached hydrogens (tertiary/aromatic N) is 1. The van der Waals surface area contributed by atoms with Gasteiger partial charge in [0.15, 0.2) is 0 Å². The highest BCUT2D eigenvalue weighted by molar-refractivity contribution is 6.35. The van der Waals surface area contributed by atoms with E-state index in [-0.39, 0.29) is 6.54 Å². The standard InChI is InChI=1S/C17H25N3O4/c21-16(17(22)19-11-15-2-1-8-24-15)18-10-13-3-6-20(7-4-13)14-5-9-23-12-14/h1-2,8,13-14H,3-7,9-12H2,(H,18,21)(H,19,22). The number of furan rings is 1. The molecule has 0 saturated carbocycles. The van der Waals surface area contributed by atoms with Crippen LogP contribution in [0.2, 0.25) is 0 Å². The minimum absolute atomic E-state index is 0.223. The van der Waals surface area contributed by atoms with Gasteiger partial charge in [0.1, 0.15) is 5.76 Å². The van der Waals surface area contributed by atoms with Crippen molar-refractivity contribution in [3.63, 3.8) is 0 Å². The van der Waals surface area contributed by atoms with Crippen LogP contribution in [0.15, 0.2) is 22.8 Å². The van der Waals surface area contributed by atoms with Crippen molar-refractivity contribution in [2.75, 3.05) is 32.8 Å². The topological polar surface area (TPSA) is 83.8 Å². The van der Waals surface area contributed by atoms with Gasteiger partial charge < -0.3 is 19.8 Å². The number of rotatable bonds is 5. The highest BCUT2D eigenvalue weighted by Crippen LogP contribution is 2.21. The number of carbonyl (C=O) groups excluding carboxylic acids is 2. The molecule has 3 rings (SSSR count). The predicted molar refractivity (Wildman–Crippen MR) is 87.1 cm³/mol. The molecular formula is C17H25N3O4. The molecule has 1 aromatic rings. The lowest BCUT2D eigenvalue weighted by atomic mass is 9.95. The Morgan fingerprint density at radius 3 is 2.62 bits per heavy atom. The summed E-state index contributed by atoms with van der Waals surface area (Å²) < 4.78 is 10.6. The Morgan fingerprint density at radius 1 is 1.17 bits per heavy atom. The number of piperidine rings is 1. The molecule has 132 valence electrons. The molecule has 0 radical (unpaired) electrons. The maximum atomic E-state index is 11.8. The third-order valence-electron chi connectivity index (χ3n) is 4.83. The molecule has 2 N–H and O–H groups in total. The van der Waals surface area contributed by atoms with Crippen LogP contribution in [0.4, 0.5) is 0 Å². The zero-order chi connectivity index (χ0) is 16.8. The SMILES string of the molecule is O=C(NCc1ccco1)C(=O)NCC1CCN(C2CCOC2)CC1. The van der Waals surface area contributed by atoms with Crippen molar-refractivity contribution in [2.24, 2.45) is 5.92 Å². The summed E-state index contributed by atoms with van der Waals surface area (Å²) in [6.45, 7) is 4.58. The minimum Gasteiger partial charge on any atom is -0.467 e. The fourth-order valence-electron chi connectivity index (χ4n) is 3.31. The second-order valence-corrected chi connectivity index (χ2v) is 6.47. The lowest BCUT2D eigenvalue weighted by Gasteiger charge is -2.35. The molecule has 2 aliphatic heterocycles. The second kappa shape index (κ2) is 8.30.